The predicted octanol–water partition coefficient (Wildman–Crippen LogP) is 3.73. The highest BCUT2D eigenvalue weighted by Crippen LogP contribution is 2.36. The molecule has 34 heavy (non-hydrogen) atoms. The largest absolute Gasteiger partial charge is 0.494 e. The smallest absolute Gasteiger partial charge is 0.207 e. The van der Waals surface area contributed by atoms with Crippen LogP contribution in [0.15, 0.2) is 48.8 Å². The van der Waals surface area contributed by atoms with E-state index in [9.17, 15) is 9.50 Å². The van der Waals surface area contributed by atoms with Crippen LogP contribution in [0.3, 0.4) is 0 Å². The maximum Gasteiger partial charge on any atom is 0.207 e. The van der Waals surface area contributed by atoms with Gasteiger partial charge in [0, 0.05) is 5.56 Å². The van der Waals surface area contributed by atoms with Crippen LogP contribution in [0, 0.1) is 5.82 Å². The molecule has 10 heteroatoms. The number of hydrogen-bond donors (Lipinski definition) is 2. The lowest BCUT2D eigenvalue weighted by Crippen LogP contribution is -2.30. The first kappa shape index (κ1) is 22.1. The summed E-state index contributed by atoms with van der Waals surface area (Å²) >= 11 is 0. The second kappa shape index (κ2) is 9.24. The van der Waals surface area contributed by atoms with Crippen molar-refractivity contribution in [2.24, 2.45) is 0 Å². The molecular weight excluding hydrogens is 441 g/mol. The molecule has 2 atom stereocenters. The molecule has 3 N–H and O–H groups in total. The van der Waals surface area contributed by atoms with Gasteiger partial charge in [0.25, 0.3) is 0 Å². The van der Waals surface area contributed by atoms with Gasteiger partial charge in [0.05, 0.1) is 37.9 Å². The molecule has 5 rings (SSSR count). The number of benzene rings is 2. The number of rotatable bonds is 6. The lowest BCUT2D eigenvalue weighted by Gasteiger charge is -2.28. The van der Waals surface area contributed by atoms with E-state index in [1.54, 1.807) is 18.2 Å². The Morgan fingerprint density at radius 2 is 1.94 bits per heavy atom. The SMILES string of the molecule is COc1cccc(Oc2ccc(-c3nn([C@@H]4CC[C@@H](CO)OC4)c4ncnc(N)c34)cc2)c1F. The second-order valence-corrected chi connectivity index (χ2v) is 8.02. The zero-order valence-corrected chi connectivity index (χ0v) is 18.5. The third-order valence-corrected chi connectivity index (χ3v) is 5.92. The number of fused-ring (bicyclic) bond motifs is 1. The van der Waals surface area contributed by atoms with Gasteiger partial charge in [0.2, 0.25) is 5.82 Å². The van der Waals surface area contributed by atoms with E-state index < -0.39 is 5.82 Å². The van der Waals surface area contributed by atoms with Gasteiger partial charge in [-0.1, -0.05) is 6.07 Å². The number of nitrogens with two attached hydrogens (primary N) is 1. The number of methoxy groups -OCH3 is 1. The first-order valence-corrected chi connectivity index (χ1v) is 10.9. The molecule has 0 bridgehead atoms. The molecule has 0 radical (unpaired) electrons. The van der Waals surface area contributed by atoms with Gasteiger partial charge in [0.15, 0.2) is 17.1 Å². The molecule has 0 saturated carbocycles. The van der Waals surface area contributed by atoms with Crippen molar-refractivity contribution in [3.63, 3.8) is 0 Å². The standard InChI is InChI=1S/C24H24FN5O4/c1-32-18-3-2-4-19(21(18)25)34-16-8-5-14(6-9-16)22-20-23(26)27-13-28-24(20)30(29-22)15-7-10-17(11-31)33-12-15/h2-6,8-9,13,15,17,31H,7,10-12H2,1H3,(H2,26,27,28)/t15-,17+/m1/s1. The van der Waals surface area contributed by atoms with Gasteiger partial charge in [-0.05, 0) is 49.2 Å². The summed E-state index contributed by atoms with van der Waals surface area (Å²) in [5.41, 5.74) is 8.25. The van der Waals surface area contributed by atoms with Crippen LogP contribution in [0.4, 0.5) is 10.2 Å². The molecular formula is C24H24FN5O4. The Kier molecular flexibility index (Phi) is 5.99. The highest BCUT2D eigenvalue weighted by atomic mass is 19.1. The van der Waals surface area contributed by atoms with E-state index in [2.05, 4.69) is 9.97 Å². The molecule has 3 heterocycles. The summed E-state index contributed by atoms with van der Waals surface area (Å²) in [5.74, 6) is 0.396. The molecule has 1 aliphatic heterocycles. The van der Waals surface area contributed by atoms with Crippen LogP contribution in [0.5, 0.6) is 17.2 Å². The first-order chi connectivity index (χ1) is 16.6. The summed E-state index contributed by atoms with van der Waals surface area (Å²) in [6, 6.07) is 11.8. The molecule has 2 aromatic heterocycles. The minimum absolute atomic E-state index is 0.00102. The molecule has 1 saturated heterocycles. The Morgan fingerprint density at radius 3 is 2.65 bits per heavy atom. The van der Waals surface area contributed by atoms with E-state index in [1.165, 1.54) is 25.6 Å². The zero-order valence-electron chi connectivity index (χ0n) is 18.5. The van der Waals surface area contributed by atoms with E-state index in [0.29, 0.717) is 34.9 Å². The summed E-state index contributed by atoms with van der Waals surface area (Å²) < 4.78 is 32.7. The van der Waals surface area contributed by atoms with Crippen molar-refractivity contribution in [2.45, 2.75) is 25.0 Å². The van der Waals surface area contributed by atoms with Crippen molar-refractivity contribution in [3.8, 4) is 28.5 Å². The molecule has 1 fully saturated rings. The Morgan fingerprint density at radius 1 is 1.15 bits per heavy atom. The van der Waals surface area contributed by atoms with E-state index in [-0.39, 0.29) is 30.3 Å². The third kappa shape index (κ3) is 4.02. The highest BCUT2D eigenvalue weighted by molar-refractivity contribution is 5.98. The van der Waals surface area contributed by atoms with E-state index in [0.717, 1.165) is 18.4 Å². The fourth-order valence-corrected chi connectivity index (χ4v) is 4.12. The highest BCUT2D eigenvalue weighted by Gasteiger charge is 2.27. The summed E-state index contributed by atoms with van der Waals surface area (Å²) in [6.07, 6.45) is 2.79. The Balaban J connectivity index is 1.46. The Bertz CT molecular complexity index is 1300. The molecule has 176 valence electrons. The number of aliphatic hydroxyl groups is 1. The molecule has 2 aromatic carbocycles. The van der Waals surface area contributed by atoms with Gasteiger partial charge >= 0.3 is 0 Å². The monoisotopic (exact) mass is 465 g/mol. The zero-order chi connectivity index (χ0) is 23.7. The quantitative estimate of drug-likeness (QED) is 0.442. The number of halogens is 1. The average Bonchev–Trinajstić information content (AvgIpc) is 3.27. The predicted molar refractivity (Wildman–Crippen MR) is 123 cm³/mol. The number of aromatic nitrogens is 4. The summed E-state index contributed by atoms with van der Waals surface area (Å²) in [7, 11) is 1.40. The normalized spacial score (nSPS) is 18.2. The third-order valence-electron chi connectivity index (χ3n) is 5.92. The van der Waals surface area contributed by atoms with Crippen molar-refractivity contribution < 1.29 is 23.7 Å². The number of hydrogen-bond acceptors (Lipinski definition) is 8. The molecule has 1 aliphatic rings. The van der Waals surface area contributed by atoms with Crippen molar-refractivity contribution in [1.29, 1.82) is 0 Å². The van der Waals surface area contributed by atoms with Crippen LogP contribution >= 0.6 is 0 Å². The average molecular weight is 465 g/mol. The van der Waals surface area contributed by atoms with Crippen LogP contribution in [0.1, 0.15) is 18.9 Å². The van der Waals surface area contributed by atoms with Gasteiger partial charge in [-0.15, -0.1) is 0 Å². The van der Waals surface area contributed by atoms with Crippen LogP contribution in [-0.4, -0.2) is 51.3 Å². The number of ether oxygens (including phenoxy) is 3. The van der Waals surface area contributed by atoms with Gasteiger partial charge in [-0.3, -0.25) is 0 Å². The van der Waals surface area contributed by atoms with Crippen LogP contribution in [0.25, 0.3) is 22.3 Å². The van der Waals surface area contributed by atoms with E-state index in [4.69, 9.17) is 25.0 Å². The molecule has 0 aliphatic carbocycles. The molecule has 0 unspecified atom stereocenters. The summed E-state index contributed by atoms with van der Waals surface area (Å²) in [6.45, 7) is 0.422. The number of anilines is 1. The maximum absolute atomic E-state index is 14.4. The fourth-order valence-electron chi connectivity index (χ4n) is 4.12. The van der Waals surface area contributed by atoms with Crippen LogP contribution < -0.4 is 15.2 Å². The lowest BCUT2D eigenvalue weighted by molar-refractivity contribution is -0.0403. The maximum atomic E-state index is 14.4. The summed E-state index contributed by atoms with van der Waals surface area (Å²) in [5, 5.41) is 14.8. The Labute approximate surface area is 194 Å². The van der Waals surface area contributed by atoms with Gasteiger partial charge in [-0.25, -0.2) is 14.6 Å². The molecule has 9 nitrogen and oxygen atoms in total. The topological polar surface area (TPSA) is 118 Å². The van der Waals surface area contributed by atoms with Gasteiger partial charge in [-0.2, -0.15) is 9.49 Å². The number of nitrogens with zero attached hydrogens (tertiary/aromatic N) is 4. The second-order valence-electron chi connectivity index (χ2n) is 8.02. The number of aliphatic hydroxyl groups excluding tert-OH is 1. The number of nitrogen functional groups attached to an aromatic ring is 1. The fraction of sp³-hybridized carbons (Fsp3) is 0.292. The van der Waals surface area contributed by atoms with Crippen molar-refractivity contribution >= 4 is 16.9 Å². The van der Waals surface area contributed by atoms with Crippen molar-refractivity contribution in [2.75, 3.05) is 26.1 Å². The van der Waals surface area contributed by atoms with Gasteiger partial charge in [0.1, 0.15) is 23.6 Å². The summed E-state index contributed by atoms with van der Waals surface area (Å²) in [4.78, 5) is 8.58. The Hall–Kier alpha value is -3.76. The molecule has 4 aromatic rings. The van der Waals surface area contributed by atoms with Crippen LogP contribution in [-0.2, 0) is 4.74 Å². The van der Waals surface area contributed by atoms with Gasteiger partial charge < -0.3 is 25.1 Å². The van der Waals surface area contributed by atoms with Crippen molar-refractivity contribution in [3.05, 3.63) is 54.6 Å². The lowest BCUT2D eigenvalue weighted by atomic mass is 10.1. The van der Waals surface area contributed by atoms with E-state index >= 15 is 0 Å². The molecule has 0 spiro atoms. The van der Waals surface area contributed by atoms with Crippen LogP contribution in [0.2, 0.25) is 0 Å². The van der Waals surface area contributed by atoms with E-state index in [1.807, 2.05) is 16.8 Å². The molecule has 0 amide bonds. The minimum Gasteiger partial charge on any atom is -0.494 e. The van der Waals surface area contributed by atoms with Crippen molar-refractivity contribution in [1.82, 2.24) is 19.7 Å². The first-order valence-electron chi connectivity index (χ1n) is 10.9. The minimum atomic E-state index is -0.568.